The Morgan fingerprint density at radius 3 is 2.86 bits per heavy atom. The second kappa shape index (κ2) is 7.80. The Hall–Kier alpha value is -1.07. The zero-order valence-electron chi connectivity index (χ0n) is 12.4. The molecule has 0 bridgehead atoms. The maximum Gasteiger partial charge on any atom is 0.268 e. The molecule has 1 N–H and O–H groups in total. The minimum absolute atomic E-state index is 0.000926. The Labute approximate surface area is 138 Å². The van der Waals surface area contributed by atoms with E-state index in [-0.39, 0.29) is 11.9 Å². The Morgan fingerprint density at radius 1 is 1.43 bits per heavy atom. The molecule has 5 heteroatoms. The van der Waals surface area contributed by atoms with E-state index in [1.165, 1.54) is 4.88 Å². The van der Waals surface area contributed by atoms with E-state index in [2.05, 4.69) is 46.5 Å². The Kier molecular flexibility index (Phi) is 6.06. The molecule has 0 saturated carbocycles. The van der Waals surface area contributed by atoms with Crippen LogP contribution in [0.25, 0.3) is 0 Å². The summed E-state index contributed by atoms with van der Waals surface area (Å²) in [6.07, 6.45) is 4.98. The van der Waals surface area contributed by atoms with Crippen molar-refractivity contribution in [3.05, 3.63) is 44.8 Å². The first-order valence-electron chi connectivity index (χ1n) is 7.35. The minimum Gasteiger partial charge on any atom is -0.343 e. The van der Waals surface area contributed by atoms with Crippen molar-refractivity contribution < 1.29 is 4.79 Å². The van der Waals surface area contributed by atoms with Gasteiger partial charge in [-0.2, -0.15) is 0 Å². The summed E-state index contributed by atoms with van der Waals surface area (Å²) in [7, 11) is 0. The summed E-state index contributed by atoms with van der Waals surface area (Å²) in [5.41, 5.74) is 0.724. The van der Waals surface area contributed by atoms with Gasteiger partial charge < -0.3 is 9.88 Å². The average Bonchev–Trinajstić information content (AvgIpc) is 3.08. The maximum absolute atomic E-state index is 12.6. The van der Waals surface area contributed by atoms with Crippen LogP contribution in [-0.2, 0) is 6.54 Å². The summed E-state index contributed by atoms with van der Waals surface area (Å²) in [5.74, 6) is 0.000926. The molecule has 2 rings (SSSR count). The lowest BCUT2D eigenvalue weighted by Crippen LogP contribution is -2.29. The van der Waals surface area contributed by atoms with Gasteiger partial charge in [-0.15, -0.1) is 11.3 Å². The van der Waals surface area contributed by atoms with E-state index in [1.807, 2.05) is 22.9 Å². The number of nitrogens with zero attached hydrogens (tertiary/aromatic N) is 1. The summed E-state index contributed by atoms with van der Waals surface area (Å²) in [5, 5.41) is 5.23. The number of hydrogen-bond donors (Lipinski definition) is 1. The lowest BCUT2D eigenvalue weighted by atomic mass is 10.1. The van der Waals surface area contributed by atoms with E-state index in [9.17, 15) is 4.79 Å². The number of carbonyl (C=O) groups excluding carboxylic acids is 1. The minimum atomic E-state index is 0.000926. The molecule has 0 aliphatic carbocycles. The molecular formula is C16H21BrN2OS. The molecule has 2 heterocycles. The second-order valence-electron chi connectivity index (χ2n) is 5.07. The van der Waals surface area contributed by atoms with Crippen molar-refractivity contribution in [1.82, 2.24) is 9.88 Å². The van der Waals surface area contributed by atoms with Crippen LogP contribution in [-0.4, -0.2) is 10.5 Å². The first-order valence-corrected chi connectivity index (χ1v) is 9.02. The highest BCUT2D eigenvalue weighted by Gasteiger charge is 2.18. The van der Waals surface area contributed by atoms with Crippen molar-refractivity contribution in [2.24, 2.45) is 0 Å². The van der Waals surface area contributed by atoms with E-state index < -0.39 is 0 Å². The molecule has 0 aliphatic rings. The van der Waals surface area contributed by atoms with Gasteiger partial charge in [-0.25, -0.2) is 0 Å². The number of aryl methyl sites for hydroxylation is 1. The number of amides is 1. The molecular weight excluding hydrogens is 348 g/mol. The molecule has 0 aromatic carbocycles. The quantitative estimate of drug-likeness (QED) is 0.733. The second-order valence-corrected chi connectivity index (χ2v) is 6.96. The predicted molar refractivity (Wildman–Crippen MR) is 91.9 cm³/mol. The lowest BCUT2D eigenvalue weighted by Gasteiger charge is -2.17. The van der Waals surface area contributed by atoms with Crippen LogP contribution in [0.15, 0.2) is 34.2 Å². The van der Waals surface area contributed by atoms with E-state index in [0.29, 0.717) is 0 Å². The highest BCUT2D eigenvalue weighted by Crippen LogP contribution is 2.24. The molecule has 21 heavy (non-hydrogen) atoms. The zero-order chi connectivity index (χ0) is 15.2. The van der Waals surface area contributed by atoms with Crippen molar-refractivity contribution >= 4 is 33.2 Å². The molecule has 3 nitrogen and oxygen atoms in total. The van der Waals surface area contributed by atoms with Gasteiger partial charge in [-0.1, -0.05) is 26.3 Å². The summed E-state index contributed by atoms with van der Waals surface area (Å²) < 4.78 is 2.96. The molecule has 1 unspecified atom stereocenters. The number of thiophene rings is 1. The zero-order valence-corrected chi connectivity index (χ0v) is 14.8. The third-order valence-corrected chi connectivity index (χ3v) is 4.75. The van der Waals surface area contributed by atoms with Crippen LogP contribution in [0, 0.1) is 0 Å². The Balaban J connectivity index is 2.15. The molecule has 0 spiro atoms. The van der Waals surface area contributed by atoms with Gasteiger partial charge in [0.25, 0.3) is 5.91 Å². The summed E-state index contributed by atoms with van der Waals surface area (Å²) in [4.78, 5) is 13.8. The van der Waals surface area contributed by atoms with Crippen molar-refractivity contribution in [3.63, 3.8) is 0 Å². The van der Waals surface area contributed by atoms with Crippen LogP contribution in [0.3, 0.4) is 0 Å². The molecule has 1 amide bonds. The molecule has 2 aromatic rings. The van der Waals surface area contributed by atoms with Crippen molar-refractivity contribution in [2.75, 3.05) is 0 Å². The van der Waals surface area contributed by atoms with Gasteiger partial charge in [-0.3, -0.25) is 4.79 Å². The lowest BCUT2D eigenvalue weighted by molar-refractivity contribution is 0.0925. The van der Waals surface area contributed by atoms with Crippen LogP contribution in [0.5, 0.6) is 0 Å². The molecule has 1 atom stereocenters. The fourth-order valence-electron chi connectivity index (χ4n) is 2.39. The first-order chi connectivity index (χ1) is 10.2. The first kappa shape index (κ1) is 16.3. The number of rotatable bonds is 7. The summed E-state index contributed by atoms with van der Waals surface area (Å²) in [6, 6.07) is 6.12. The van der Waals surface area contributed by atoms with E-state index >= 15 is 0 Å². The standard InChI is InChI=1S/C16H21BrN2OS/c1-3-6-13(15-7-5-9-21-15)18-16(20)14-10-12(17)11-19(14)8-4-2/h5,7,9-11,13H,3-4,6,8H2,1-2H3,(H,18,20). The largest absolute Gasteiger partial charge is 0.343 e. The third-order valence-electron chi connectivity index (χ3n) is 3.33. The highest BCUT2D eigenvalue weighted by atomic mass is 79.9. The number of halogens is 1. The fourth-order valence-corrected chi connectivity index (χ4v) is 3.66. The number of hydrogen-bond acceptors (Lipinski definition) is 2. The predicted octanol–water partition coefficient (Wildman–Crippen LogP) is 4.99. The fraction of sp³-hybridized carbons (Fsp3) is 0.438. The van der Waals surface area contributed by atoms with Gasteiger partial charge in [0.2, 0.25) is 0 Å². The molecule has 0 saturated heterocycles. The number of carbonyl (C=O) groups is 1. The van der Waals surface area contributed by atoms with Crippen LogP contribution in [0.2, 0.25) is 0 Å². The number of aromatic nitrogens is 1. The Bertz CT molecular complexity index is 577. The van der Waals surface area contributed by atoms with Crippen LogP contribution in [0.1, 0.15) is 54.5 Å². The van der Waals surface area contributed by atoms with Crippen molar-refractivity contribution in [3.8, 4) is 0 Å². The van der Waals surface area contributed by atoms with E-state index in [1.54, 1.807) is 11.3 Å². The average molecular weight is 369 g/mol. The van der Waals surface area contributed by atoms with Crippen LogP contribution in [0.4, 0.5) is 0 Å². The summed E-state index contributed by atoms with van der Waals surface area (Å²) >= 11 is 5.16. The SMILES string of the molecule is CCCC(NC(=O)c1cc(Br)cn1CCC)c1cccs1. The molecule has 0 radical (unpaired) electrons. The van der Waals surface area contributed by atoms with Crippen LogP contribution < -0.4 is 5.32 Å². The number of nitrogens with one attached hydrogen (secondary N) is 1. The highest BCUT2D eigenvalue weighted by molar-refractivity contribution is 9.10. The van der Waals surface area contributed by atoms with Gasteiger partial charge in [0.15, 0.2) is 0 Å². The smallest absolute Gasteiger partial charge is 0.268 e. The van der Waals surface area contributed by atoms with Gasteiger partial charge in [-0.05, 0) is 46.3 Å². The van der Waals surface area contributed by atoms with E-state index in [4.69, 9.17) is 0 Å². The van der Waals surface area contributed by atoms with Crippen molar-refractivity contribution in [1.29, 1.82) is 0 Å². The normalized spacial score (nSPS) is 12.3. The molecule has 114 valence electrons. The summed E-state index contributed by atoms with van der Waals surface area (Å²) in [6.45, 7) is 5.11. The van der Waals surface area contributed by atoms with Gasteiger partial charge in [0.1, 0.15) is 5.69 Å². The monoisotopic (exact) mass is 368 g/mol. The molecule has 2 aromatic heterocycles. The topological polar surface area (TPSA) is 34.0 Å². The van der Waals surface area contributed by atoms with E-state index in [0.717, 1.165) is 36.0 Å². The van der Waals surface area contributed by atoms with Crippen LogP contribution >= 0.6 is 27.3 Å². The molecule has 0 aliphatic heterocycles. The maximum atomic E-state index is 12.6. The third kappa shape index (κ3) is 4.20. The van der Waals surface area contributed by atoms with Gasteiger partial charge in [0.05, 0.1) is 6.04 Å². The Morgan fingerprint density at radius 2 is 2.24 bits per heavy atom. The van der Waals surface area contributed by atoms with Gasteiger partial charge >= 0.3 is 0 Å². The van der Waals surface area contributed by atoms with Gasteiger partial charge in [0, 0.05) is 22.1 Å². The molecule has 0 fully saturated rings. The van der Waals surface area contributed by atoms with Crippen molar-refractivity contribution in [2.45, 2.75) is 45.7 Å².